The molecule has 4 aromatic rings. The van der Waals surface area contributed by atoms with E-state index in [2.05, 4.69) is 4.98 Å². The van der Waals surface area contributed by atoms with E-state index in [1.54, 1.807) is 22.9 Å². The fraction of sp³-hybridized carbons (Fsp3) is 0.0800. The predicted molar refractivity (Wildman–Crippen MR) is 129 cm³/mol. The van der Waals surface area contributed by atoms with E-state index in [9.17, 15) is 9.59 Å². The lowest BCUT2D eigenvalue weighted by atomic mass is 10.2. The molecule has 1 amide bonds. The van der Waals surface area contributed by atoms with Gasteiger partial charge >= 0.3 is 0 Å². The standard InChI is InChI=1S/C25H19N3O2S2/c1-17-7-6-8-18(15-17)27-14-13-23(29)26-25(27)31-16-24(30)28-19-9-2-4-11-21(19)32-22-12-5-3-10-20(22)28/h2-15H,16H2,1H3. The number of rotatable bonds is 4. The zero-order chi connectivity index (χ0) is 22.1. The SMILES string of the molecule is Cc1cccc(-n2ccc(=O)nc2SCC(=O)N2c3ccccc3Sc3ccccc32)c1. The Balaban J connectivity index is 1.47. The van der Waals surface area contributed by atoms with Gasteiger partial charge in [0.15, 0.2) is 5.16 Å². The quantitative estimate of drug-likeness (QED) is 0.301. The van der Waals surface area contributed by atoms with Gasteiger partial charge in [0.1, 0.15) is 0 Å². The van der Waals surface area contributed by atoms with Crippen LogP contribution in [-0.4, -0.2) is 21.2 Å². The smallest absolute Gasteiger partial charge is 0.273 e. The minimum Gasteiger partial charge on any atom is -0.296 e. The van der Waals surface area contributed by atoms with Crippen LogP contribution in [0.4, 0.5) is 11.4 Å². The zero-order valence-corrected chi connectivity index (χ0v) is 18.9. The molecule has 0 unspecified atom stereocenters. The fourth-order valence-corrected chi connectivity index (χ4v) is 5.53. The Labute approximate surface area is 194 Å². The number of amides is 1. The third kappa shape index (κ3) is 3.97. The lowest BCUT2D eigenvalue weighted by Crippen LogP contribution is -2.30. The Morgan fingerprint density at radius 1 is 0.938 bits per heavy atom. The summed E-state index contributed by atoms with van der Waals surface area (Å²) in [7, 11) is 0. The van der Waals surface area contributed by atoms with Gasteiger partial charge in [0.2, 0.25) is 5.91 Å². The summed E-state index contributed by atoms with van der Waals surface area (Å²) in [6.07, 6.45) is 1.71. The zero-order valence-electron chi connectivity index (χ0n) is 17.3. The topological polar surface area (TPSA) is 55.2 Å². The number of thioether (sulfide) groups is 1. The Morgan fingerprint density at radius 2 is 1.62 bits per heavy atom. The highest BCUT2D eigenvalue weighted by molar-refractivity contribution is 8.00. The first-order valence-corrected chi connectivity index (χ1v) is 11.9. The van der Waals surface area contributed by atoms with Crippen molar-refractivity contribution in [3.63, 3.8) is 0 Å². The molecule has 0 saturated carbocycles. The van der Waals surface area contributed by atoms with Gasteiger partial charge in [-0.05, 0) is 48.9 Å². The second-order valence-corrected chi connectivity index (χ2v) is 9.34. The van der Waals surface area contributed by atoms with Crippen molar-refractivity contribution in [1.29, 1.82) is 0 Å². The van der Waals surface area contributed by atoms with Gasteiger partial charge in [0, 0.05) is 27.7 Å². The molecule has 7 heteroatoms. The van der Waals surface area contributed by atoms with E-state index in [1.165, 1.54) is 17.8 Å². The number of benzene rings is 3. The predicted octanol–water partition coefficient (Wildman–Crippen LogP) is 5.46. The van der Waals surface area contributed by atoms with Crippen LogP contribution in [0, 0.1) is 6.92 Å². The maximum atomic E-state index is 13.5. The van der Waals surface area contributed by atoms with Crippen LogP contribution in [0.2, 0.25) is 0 Å². The molecule has 0 N–H and O–H groups in total. The van der Waals surface area contributed by atoms with Crippen molar-refractivity contribution in [2.75, 3.05) is 10.7 Å². The van der Waals surface area contributed by atoms with E-state index in [0.29, 0.717) is 5.16 Å². The third-order valence-corrected chi connectivity index (χ3v) is 7.13. The molecule has 0 saturated heterocycles. The largest absolute Gasteiger partial charge is 0.296 e. The number of aromatic nitrogens is 2. The van der Waals surface area contributed by atoms with Gasteiger partial charge < -0.3 is 0 Å². The molecule has 0 bridgehead atoms. The van der Waals surface area contributed by atoms with Gasteiger partial charge in [-0.15, -0.1) is 0 Å². The molecule has 158 valence electrons. The summed E-state index contributed by atoms with van der Waals surface area (Å²) in [6.45, 7) is 2.01. The summed E-state index contributed by atoms with van der Waals surface area (Å²) < 4.78 is 1.85. The Morgan fingerprint density at radius 3 is 2.31 bits per heavy atom. The molecule has 1 aliphatic heterocycles. The van der Waals surface area contributed by atoms with Gasteiger partial charge in [-0.25, -0.2) is 0 Å². The number of aryl methyl sites for hydroxylation is 1. The summed E-state index contributed by atoms with van der Waals surface area (Å²) >= 11 is 2.93. The molecule has 2 heterocycles. The van der Waals surface area contributed by atoms with Crippen molar-refractivity contribution < 1.29 is 4.79 Å². The van der Waals surface area contributed by atoms with Crippen LogP contribution in [0.5, 0.6) is 0 Å². The molecule has 1 aliphatic rings. The summed E-state index contributed by atoms with van der Waals surface area (Å²) in [5, 5.41) is 0.490. The minimum atomic E-state index is -0.325. The molecule has 3 aromatic carbocycles. The molecule has 32 heavy (non-hydrogen) atoms. The van der Waals surface area contributed by atoms with Crippen molar-refractivity contribution in [2.24, 2.45) is 0 Å². The number of hydrogen-bond acceptors (Lipinski definition) is 5. The maximum Gasteiger partial charge on any atom is 0.273 e. The van der Waals surface area contributed by atoms with Crippen molar-refractivity contribution in [1.82, 2.24) is 9.55 Å². The van der Waals surface area contributed by atoms with Gasteiger partial charge in [-0.1, -0.05) is 59.9 Å². The molecule has 0 aliphatic carbocycles. The number of nitrogens with zero attached hydrogens (tertiary/aromatic N) is 3. The van der Waals surface area contributed by atoms with Crippen LogP contribution in [0.15, 0.2) is 105 Å². The first-order valence-electron chi connectivity index (χ1n) is 10.1. The molecule has 1 aromatic heterocycles. The summed E-state index contributed by atoms with van der Waals surface area (Å²) in [5.41, 5.74) is 3.43. The summed E-state index contributed by atoms with van der Waals surface area (Å²) in [6, 6.07) is 25.2. The van der Waals surface area contributed by atoms with E-state index in [1.807, 2.05) is 84.3 Å². The lowest BCUT2D eigenvalue weighted by Gasteiger charge is -2.31. The Kier molecular flexibility index (Phi) is 5.59. The van der Waals surface area contributed by atoms with Crippen molar-refractivity contribution in [2.45, 2.75) is 21.9 Å². The average Bonchev–Trinajstić information content (AvgIpc) is 2.81. The monoisotopic (exact) mass is 457 g/mol. The fourth-order valence-electron chi connectivity index (χ4n) is 3.63. The van der Waals surface area contributed by atoms with Crippen molar-refractivity contribution in [3.05, 3.63) is 101 Å². The van der Waals surface area contributed by atoms with Crippen LogP contribution in [0.3, 0.4) is 0 Å². The highest BCUT2D eigenvalue weighted by Crippen LogP contribution is 2.48. The molecule has 0 atom stereocenters. The summed E-state index contributed by atoms with van der Waals surface area (Å²) in [5.74, 6) is 0.0828. The van der Waals surface area contributed by atoms with Crippen molar-refractivity contribution in [3.8, 4) is 5.69 Å². The molecule has 0 fully saturated rings. The van der Waals surface area contributed by atoms with Crippen LogP contribution >= 0.6 is 23.5 Å². The normalized spacial score (nSPS) is 12.2. The second-order valence-electron chi connectivity index (χ2n) is 7.31. The molecular formula is C25H19N3O2S2. The highest BCUT2D eigenvalue weighted by Gasteiger charge is 2.28. The van der Waals surface area contributed by atoms with Gasteiger partial charge in [0.05, 0.1) is 17.1 Å². The first kappa shape index (κ1) is 20.6. The first-order chi connectivity index (χ1) is 15.6. The summed E-state index contributed by atoms with van der Waals surface area (Å²) in [4.78, 5) is 33.5. The number of anilines is 2. The van der Waals surface area contributed by atoms with Crippen LogP contribution in [0.1, 0.15) is 5.56 Å². The van der Waals surface area contributed by atoms with Gasteiger partial charge in [-0.2, -0.15) is 4.98 Å². The Hall–Kier alpha value is -3.29. The molecule has 5 nitrogen and oxygen atoms in total. The maximum absolute atomic E-state index is 13.5. The lowest BCUT2D eigenvalue weighted by molar-refractivity contribution is -0.115. The van der Waals surface area contributed by atoms with Crippen LogP contribution in [-0.2, 0) is 4.79 Å². The average molecular weight is 458 g/mol. The van der Waals surface area contributed by atoms with E-state index in [4.69, 9.17) is 0 Å². The Bertz CT molecular complexity index is 1340. The molecule has 5 rings (SSSR count). The number of fused-ring (bicyclic) bond motifs is 2. The second kappa shape index (κ2) is 8.68. The third-order valence-electron chi connectivity index (χ3n) is 5.06. The van der Waals surface area contributed by atoms with Gasteiger partial charge in [0.25, 0.3) is 5.56 Å². The van der Waals surface area contributed by atoms with Crippen molar-refractivity contribution >= 4 is 40.8 Å². The molecular weight excluding hydrogens is 438 g/mol. The van der Waals surface area contributed by atoms with E-state index in [0.717, 1.165) is 32.4 Å². The van der Waals surface area contributed by atoms with Crippen LogP contribution < -0.4 is 10.5 Å². The molecule has 0 spiro atoms. The van der Waals surface area contributed by atoms with Gasteiger partial charge in [-0.3, -0.25) is 19.1 Å². The van der Waals surface area contributed by atoms with E-state index >= 15 is 0 Å². The number of carbonyl (C=O) groups excluding carboxylic acids is 1. The van der Waals surface area contributed by atoms with E-state index in [-0.39, 0.29) is 17.2 Å². The number of carbonyl (C=O) groups is 1. The minimum absolute atomic E-state index is 0.0657. The van der Waals surface area contributed by atoms with E-state index < -0.39 is 0 Å². The number of para-hydroxylation sites is 2. The highest BCUT2D eigenvalue weighted by atomic mass is 32.2. The molecule has 0 radical (unpaired) electrons. The van der Waals surface area contributed by atoms with Crippen LogP contribution in [0.25, 0.3) is 5.69 Å². The number of hydrogen-bond donors (Lipinski definition) is 0.